The summed E-state index contributed by atoms with van der Waals surface area (Å²) in [5.74, 6) is -1.37. The van der Waals surface area contributed by atoms with Crippen LogP contribution in [0.5, 0.6) is 0 Å². The molecule has 5 atom stereocenters. The fourth-order valence-corrected chi connectivity index (χ4v) is 12.8. The van der Waals surface area contributed by atoms with Gasteiger partial charge in [-0.1, -0.05) is 330 Å². The number of esters is 4. The predicted molar refractivity (Wildman–Crippen MR) is 372 cm³/mol. The van der Waals surface area contributed by atoms with E-state index in [-0.39, 0.29) is 25.7 Å². The van der Waals surface area contributed by atoms with E-state index in [1.165, 1.54) is 193 Å². The molecule has 546 valence electrons. The molecule has 0 aromatic heterocycles. The van der Waals surface area contributed by atoms with Crippen LogP contribution in [-0.4, -0.2) is 96.7 Å². The molecule has 0 aromatic carbocycles. The first kappa shape index (κ1) is 90.1. The Labute approximate surface area is 562 Å². The van der Waals surface area contributed by atoms with Gasteiger partial charge in [-0.15, -0.1) is 0 Å². The molecule has 0 saturated heterocycles. The number of phosphoric acid groups is 2. The van der Waals surface area contributed by atoms with Crippen LogP contribution in [0.1, 0.15) is 381 Å². The first-order valence-corrected chi connectivity index (χ1v) is 41.1. The van der Waals surface area contributed by atoms with Crippen molar-refractivity contribution in [2.75, 3.05) is 39.6 Å². The van der Waals surface area contributed by atoms with Gasteiger partial charge in [0.05, 0.1) is 26.4 Å². The van der Waals surface area contributed by atoms with Gasteiger partial charge in [0.15, 0.2) is 12.2 Å². The van der Waals surface area contributed by atoms with E-state index in [9.17, 15) is 43.2 Å². The van der Waals surface area contributed by atoms with Crippen molar-refractivity contribution in [1.82, 2.24) is 0 Å². The number of ether oxygens (including phenoxy) is 4. The van der Waals surface area contributed by atoms with Gasteiger partial charge in [0.25, 0.3) is 0 Å². The van der Waals surface area contributed by atoms with E-state index in [1.54, 1.807) is 0 Å². The highest BCUT2D eigenvalue weighted by Gasteiger charge is 2.30. The maximum Gasteiger partial charge on any atom is 0.472 e. The van der Waals surface area contributed by atoms with E-state index in [4.69, 9.17) is 37.0 Å². The molecule has 0 spiro atoms. The molecule has 92 heavy (non-hydrogen) atoms. The molecule has 0 aliphatic heterocycles. The van der Waals surface area contributed by atoms with E-state index in [0.717, 1.165) is 109 Å². The molecule has 3 N–H and O–H groups in total. The van der Waals surface area contributed by atoms with Crippen LogP contribution in [0.25, 0.3) is 0 Å². The third-order valence-corrected chi connectivity index (χ3v) is 18.9. The van der Waals surface area contributed by atoms with Crippen LogP contribution in [0.2, 0.25) is 0 Å². The summed E-state index contributed by atoms with van der Waals surface area (Å²) in [5.41, 5.74) is 0. The molecule has 0 radical (unpaired) electrons. The summed E-state index contributed by atoms with van der Waals surface area (Å²) >= 11 is 0. The average molecular weight is 1350 g/mol. The van der Waals surface area contributed by atoms with Gasteiger partial charge in [0, 0.05) is 25.7 Å². The summed E-state index contributed by atoms with van der Waals surface area (Å²) < 4.78 is 68.2. The zero-order valence-electron chi connectivity index (χ0n) is 59.7. The Bertz CT molecular complexity index is 1770. The van der Waals surface area contributed by atoms with Crippen LogP contribution < -0.4 is 0 Å². The number of phosphoric ester groups is 2. The Morgan fingerprint density at radius 1 is 0.293 bits per heavy atom. The number of carbonyl (C=O) groups excluding carboxylic acids is 4. The highest BCUT2D eigenvalue weighted by molar-refractivity contribution is 7.47. The zero-order valence-corrected chi connectivity index (χ0v) is 61.5. The van der Waals surface area contributed by atoms with Crippen molar-refractivity contribution in [3.8, 4) is 0 Å². The third-order valence-electron chi connectivity index (χ3n) is 17.0. The summed E-state index contributed by atoms with van der Waals surface area (Å²) in [6.07, 6.45) is 54.4. The molecular formula is C73H142O17P2. The van der Waals surface area contributed by atoms with Crippen LogP contribution in [-0.2, 0) is 65.4 Å². The van der Waals surface area contributed by atoms with Gasteiger partial charge in [0.2, 0.25) is 0 Å². The van der Waals surface area contributed by atoms with Crippen LogP contribution in [0.15, 0.2) is 0 Å². The van der Waals surface area contributed by atoms with Crippen LogP contribution in [0.3, 0.4) is 0 Å². The van der Waals surface area contributed by atoms with E-state index >= 15 is 0 Å². The maximum atomic E-state index is 13.1. The number of rotatable bonds is 73. The molecule has 0 aliphatic carbocycles. The van der Waals surface area contributed by atoms with Crippen molar-refractivity contribution in [2.24, 2.45) is 5.92 Å². The lowest BCUT2D eigenvalue weighted by molar-refractivity contribution is -0.161. The Balaban J connectivity index is 5.12. The summed E-state index contributed by atoms with van der Waals surface area (Å²) in [7, 11) is -9.90. The van der Waals surface area contributed by atoms with Gasteiger partial charge in [-0.05, 0) is 31.6 Å². The minimum absolute atomic E-state index is 0.106. The normalized spacial score (nSPS) is 14.0. The maximum absolute atomic E-state index is 13.1. The number of hydrogen-bond acceptors (Lipinski definition) is 15. The number of aliphatic hydroxyl groups is 1. The first-order valence-electron chi connectivity index (χ1n) is 38.1. The number of hydrogen-bond donors (Lipinski definition) is 3. The van der Waals surface area contributed by atoms with Crippen molar-refractivity contribution >= 4 is 39.5 Å². The topological polar surface area (TPSA) is 237 Å². The SMILES string of the molecule is CCCCCCCCCCCCCCCCCCCCCCCCC(=O)O[C@H](COC(=O)CCCCCCCCCCCCC(C)C)COP(=O)(O)OC[C@@H](O)COP(=O)(O)OC[C@@H](COC(=O)CCCCCCCCC)OC(=O)CCCCCCCCCCCC. The Morgan fingerprint density at radius 3 is 0.739 bits per heavy atom. The van der Waals surface area contributed by atoms with Gasteiger partial charge < -0.3 is 33.8 Å². The molecule has 0 amide bonds. The van der Waals surface area contributed by atoms with E-state index in [1.807, 2.05) is 0 Å². The molecular weight excluding hydrogens is 1210 g/mol. The lowest BCUT2D eigenvalue weighted by Crippen LogP contribution is -2.30. The summed E-state index contributed by atoms with van der Waals surface area (Å²) in [6, 6.07) is 0. The zero-order chi connectivity index (χ0) is 67.7. The van der Waals surface area contributed by atoms with E-state index < -0.39 is 97.5 Å². The van der Waals surface area contributed by atoms with Gasteiger partial charge in [0.1, 0.15) is 19.3 Å². The molecule has 0 aromatic rings. The molecule has 0 fully saturated rings. The Hall–Kier alpha value is -1.94. The number of aliphatic hydroxyl groups excluding tert-OH is 1. The second-order valence-electron chi connectivity index (χ2n) is 26.8. The second-order valence-corrected chi connectivity index (χ2v) is 29.7. The van der Waals surface area contributed by atoms with Gasteiger partial charge in [-0.3, -0.25) is 37.3 Å². The average Bonchev–Trinajstić information content (AvgIpc) is 1.83. The fraction of sp³-hybridized carbons (Fsp3) is 0.945. The first-order chi connectivity index (χ1) is 44.5. The smallest absolute Gasteiger partial charge is 0.462 e. The summed E-state index contributed by atoms with van der Waals surface area (Å²) in [6.45, 7) is 7.20. The molecule has 0 heterocycles. The molecule has 19 heteroatoms. The van der Waals surface area contributed by atoms with Crippen molar-refractivity contribution in [1.29, 1.82) is 0 Å². The Morgan fingerprint density at radius 2 is 0.500 bits per heavy atom. The van der Waals surface area contributed by atoms with Gasteiger partial charge in [-0.25, -0.2) is 9.13 Å². The molecule has 2 unspecified atom stereocenters. The van der Waals surface area contributed by atoms with E-state index in [2.05, 4.69) is 34.6 Å². The minimum atomic E-state index is -4.95. The van der Waals surface area contributed by atoms with E-state index in [0.29, 0.717) is 25.7 Å². The number of carbonyl (C=O) groups is 4. The highest BCUT2D eigenvalue weighted by Crippen LogP contribution is 2.45. The predicted octanol–water partition coefficient (Wildman–Crippen LogP) is 21.3. The standard InChI is InChI=1S/C73H142O17P2/c1-6-9-12-15-18-20-22-23-24-25-26-27-28-29-30-31-32-33-39-44-49-54-59-73(78)90-69(63-84-71(76)57-52-47-42-38-35-34-36-41-45-50-55-66(4)5)65-88-92(81,82)86-61-67(74)60-85-91(79,80)87-64-68(62-83-70(75)56-51-46-40-17-14-11-8-3)89-72(77)58-53-48-43-37-21-19-16-13-10-7-2/h66-69,74H,6-65H2,1-5H3,(H,79,80)(H,81,82)/t67-,68+,69+/m0/s1. The monoisotopic (exact) mass is 1350 g/mol. The van der Waals surface area contributed by atoms with Crippen LogP contribution in [0.4, 0.5) is 0 Å². The molecule has 0 saturated carbocycles. The van der Waals surface area contributed by atoms with Gasteiger partial charge >= 0.3 is 39.5 Å². The van der Waals surface area contributed by atoms with Crippen molar-refractivity contribution in [2.45, 2.75) is 400 Å². The summed E-state index contributed by atoms with van der Waals surface area (Å²) in [4.78, 5) is 72.4. The lowest BCUT2D eigenvalue weighted by Gasteiger charge is -2.21. The van der Waals surface area contributed by atoms with Crippen LogP contribution in [0, 0.1) is 5.92 Å². The van der Waals surface area contributed by atoms with Gasteiger partial charge in [-0.2, -0.15) is 0 Å². The molecule has 0 bridgehead atoms. The highest BCUT2D eigenvalue weighted by atomic mass is 31.2. The molecule has 0 aliphatic rings. The summed E-state index contributed by atoms with van der Waals surface area (Å²) in [5, 5.41) is 10.6. The van der Waals surface area contributed by atoms with Crippen molar-refractivity contribution in [3.63, 3.8) is 0 Å². The largest absolute Gasteiger partial charge is 0.472 e. The molecule has 0 rings (SSSR count). The lowest BCUT2D eigenvalue weighted by atomic mass is 10.0. The van der Waals surface area contributed by atoms with Crippen molar-refractivity contribution in [3.05, 3.63) is 0 Å². The Kier molecular flexibility index (Phi) is 64.9. The second kappa shape index (κ2) is 66.3. The third kappa shape index (κ3) is 66.7. The number of unbranched alkanes of at least 4 members (excludes halogenated alkanes) is 45. The van der Waals surface area contributed by atoms with Crippen LogP contribution >= 0.6 is 15.6 Å². The fourth-order valence-electron chi connectivity index (χ4n) is 11.2. The quantitative estimate of drug-likeness (QED) is 0.0222. The van der Waals surface area contributed by atoms with Crippen molar-refractivity contribution < 1.29 is 80.2 Å². The molecule has 17 nitrogen and oxygen atoms in total. The minimum Gasteiger partial charge on any atom is -0.462 e.